The van der Waals surface area contributed by atoms with Crippen molar-refractivity contribution < 1.29 is 9.72 Å². The first-order valence-corrected chi connectivity index (χ1v) is 9.50. The first-order chi connectivity index (χ1) is 12.5. The minimum absolute atomic E-state index is 0.00475. The van der Waals surface area contributed by atoms with Crippen molar-refractivity contribution in [3.8, 4) is 6.07 Å². The fourth-order valence-corrected chi connectivity index (χ4v) is 4.59. The van der Waals surface area contributed by atoms with Gasteiger partial charge in [-0.15, -0.1) is 11.3 Å². The molecule has 1 aromatic heterocycles. The minimum Gasteiger partial charge on any atom is -0.312 e. The number of carbonyl (C=O) groups excluding carboxylic acids is 1. The Bertz CT molecular complexity index is 917. The van der Waals surface area contributed by atoms with Crippen LogP contribution in [0.15, 0.2) is 18.2 Å². The Morgan fingerprint density at radius 1 is 1.27 bits per heavy atom. The third kappa shape index (κ3) is 3.71. The van der Waals surface area contributed by atoms with E-state index in [1.165, 1.54) is 29.9 Å². The predicted molar refractivity (Wildman–Crippen MR) is 101 cm³/mol. The van der Waals surface area contributed by atoms with Gasteiger partial charge in [0.1, 0.15) is 11.1 Å². The Balaban J connectivity index is 1.89. The number of nitriles is 1. The number of non-ortho nitro benzene ring substituents is 1. The number of amides is 1. The number of nitro benzene ring substituents is 1. The van der Waals surface area contributed by atoms with Crippen molar-refractivity contribution in [2.24, 2.45) is 0 Å². The molecule has 0 saturated carbocycles. The lowest BCUT2D eigenvalue weighted by molar-refractivity contribution is -0.384. The Kier molecular flexibility index (Phi) is 5.55. The SMILES string of the molecule is N#Cc1c(NC(=O)c2ccc([N+](=O)[O-])cc2Cl)sc2c1CCCCCC2. The summed E-state index contributed by atoms with van der Waals surface area (Å²) in [4.78, 5) is 23.9. The largest absolute Gasteiger partial charge is 0.312 e. The molecule has 1 amide bonds. The lowest BCUT2D eigenvalue weighted by Gasteiger charge is -2.08. The van der Waals surface area contributed by atoms with Gasteiger partial charge in [-0.2, -0.15) is 5.26 Å². The van der Waals surface area contributed by atoms with Crippen LogP contribution in [0, 0.1) is 21.4 Å². The predicted octanol–water partition coefficient (Wildman–Crippen LogP) is 5.09. The van der Waals surface area contributed by atoms with Crippen LogP contribution in [0.1, 0.15) is 52.0 Å². The van der Waals surface area contributed by atoms with Crippen molar-refractivity contribution >= 4 is 39.5 Å². The van der Waals surface area contributed by atoms with Crippen LogP contribution < -0.4 is 5.32 Å². The highest BCUT2D eigenvalue weighted by atomic mass is 35.5. The van der Waals surface area contributed by atoms with Crippen molar-refractivity contribution in [1.29, 1.82) is 5.26 Å². The zero-order valence-corrected chi connectivity index (χ0v) is 15.5. The van der Waals surface area contributed by atoms with Crippen LogP contribution in [0.3, 0.4) is 0 Å². The quantitative estimate of drug-likeness (QED) is 0.583. The summed E-state index contributed by atoms with van der Waals surface area (Å²) < 4.78 is 0. The molecule has 3 rings (SSSR count). The molecule has 0 radical (unpaired) electrons. The van der Waals surface area contributed by atoms with Gasteiger partial charge in [0, 0.05) is 17.0 Å². The van der Waals surface area contributed by atoms with E-state index in [-0.39, 0.29) is 16.3 Å². The normalized spacial score (nSPS) is 13.8. The third-order valence-electron chi connectivity index (χ3n) is 4.42. The van der Waals surface area contributed by atoms with Crippen LogP contribution in [0.25, 0.3) is 0 Å². The van der Waals surface area contributed by atoms with Crippen LogP contribution in [0.4, 0.5) is 10.7 Å². The van der Waals surface area contributed by atoms with Gasteiger partial charge in [0.25, 0.3) is 11.6 Å². The molecular formula is C18H16ClN3O3S. The summed E-state index contributed by atoms with van der Waals surface area (Å²) in [5.41, 5.74) is 1.53. The average Bonchev–Trinajstić information content (AvgIpc) is 2.90. The summed E-state index contributed by atoms with van der Waals surface area (Å²) >= 11 is 7.47. The number of halogens is 1. The summed E-state index contributed by atoms with van der Waals surface area (Å²) in [7, 11) is 0. The Morgan fingerprint density at radius 3 is 2.65 bits per heavy atom. The second kappa shape index (κ2) is 7.85. The number of rotatable bonds is 3. The first-order valence-electron chi connectivity index (χ1n) is 8.31. The van der Waals surface area contributed by atoms with Crippen molar-refractivity contribution in [2.75, 3.05) is 5.32 Å². The molecular weight excluding hydrogens is 374 g/mol. The number of nitrogens with zero attached hydrogens (tertiary/aromatic N) is 2. The zero-order chi connectivity index (χ0) is 18.7. The molecule has 0 bridgehead atoms. The topological polar surface area (TPSA) is 96.0 Å². The number of nitrogens with one attached hydrogen (secondary N) is 1. The smallest absolute Gasteiger partial charge is 0.270 e. The number of thiophene rings is 1. The van der Waals surface area contributed by atoms with Crippen LogP contribution in [0.5, 0.6) is 0 Å². The summed E-state index contributed by atoms with van der Waals surface area (Å²) in [6.45, 7) is 0. The number of hydrogen-bond acceptors (Lipinski definition) is 5. The number of anilines is 1. The van der Waals surface area contributed by atoms with Gasteiger partial charge in [-0.25, -0.2) is 0 Å². The van der Waals surface area contributed by atoms with E-state index < -0.39 is 10.8 Å². The molecule has 1 N–H and O–H groups in total. The number of carbonyl (C=O) groups is 1. The van der Waals surface area contributed by atoms with E-state index in [4.69, 9.17) is 11.6 Å². The van der Waals surface area contributed by atoms with Crippen molar-refractivity contribution in [3.05, 3.63) is 54.9 Å². The zero-order valence-electron chi connectivity index (χ0n) is 13.9. The Labute approximate surface area is 159 Å². The molecule has 26 heavy (non-hydrogen) atoms. The molecule has 2 aromatic rings. The second-order valence-corrected chi connectivity index (χ2v) is 7.62. The molecule has 0 spiro atoms. The number of aryl methyl sites for hydroxylation is 1. The van der Waals surface area contributed by atoms with Gasteiger partial charge in [0.05, 0.1) is 21.1 Å². The van der Waals surface area contributed by atoms with Crippen LogP contribution in [0.2, 0.25) is 5.02 Å². The standard InChI is InChI=1S/C18H16ClN3O3S/c19-15-9-11(22(24)25)7-8-13(15)17(23)21-18-14(10-20)12-5-3-1-2-4-6-16(12)26-18/h7-9H,1-6H2,(H,21,23). The van der Waals surface area contributed by atoms with Gasteiger partial charge in [0.2, 0.25) is 0 Å². The number of hydrogen-bond donors (Lipinski definition) is 1. The maximum absolute atomic E-state index is 12.6. The second-order valence-electron chi connectivity index (χ2n) is 6.11. The van der Waals surface area contributed by atoms with E-state index in [1.807, 2.05) is 0 Å². The van der Waals surface area contributed by atoms with Crippen LogP contribution >= 0.6 is 22.9 Å². The highest BCUT2D eigenvalue weighted by molar-refractivity contribution is 7.16. The fraction of sp³-hybridized carbons (Fsp3) is 0.333. The van der Waals surface area contributed by atoms with Crippen molar-refractivity contribution in [2.45, 2.75) is 38.5 Å². The molecule has 8 heteroatoms. The van der Waals surface area contributed by atoms with Gasteiger partial charge in [-0.05, 0) is 37.3 Å². The van der Waals surface area contributed by atoms with E-state index in [9.17, 15) is 20.2 Å². The van der Waals surface area contributed by atoms with E-state index in [1.54, 1.807) is 0 Å². The van der Waals surface area contributed by atoms with Crippen molar-refractivity contribution in [1.82, 2.24) is 0 Å². The summed E-state index contributed by atoms with van der Waals surface area (Å²) in [5.74, 6) is -0.476. The third-order valence-corrected chi connectivity index (χ3v) is 5.94. The molecule has 1 aromatic carbocycles. The van der Waals surface area contributed by atoms with E-state index in [2.05, 4.69) is 11.4 Å². The summed E-state index contributed by atoms with van der Waals surface area (Å²) in [5, 5.41) is 23.7. The van der Waals surface area contributed by atoms with E-state index >= 15 is 0 Å². The maximum Gasteiger partial charge on any atom is 0.270 e. The molecule has 134 valence electrons. The van der Waals surface area contributed by atoms with E-state index in [0.29, 0.717) is 10.6 Å². The molecule has 1 heterocycles. The maximum atomic E-state index is 12.6. The highest BCUT2D eigenvalue weighted by Gasteiger charge is 2.22. The number of benzene rings is 1. The summed E-state index contributed by atoms with van der Waals surface area (Å²) in [6.07, 6.45) is 6.23. The van der Waals surface area contributed by atoms with Gasteiger partial charge >= 0.3 is 0 Å². The molecule has 0 atom stereocenters. The van der Waals surface area contributed by atoms with E-state index in [0.717, 1.165) is 48.6 Å². The molecule has 0 unspecified atom stereocenters. The monoisotopic (exact) mass is 389 g/mol. The lowest BCUT2D eigenvalue weighted by Crippen LogP contribution is -2.12. The van der Waals surface area contributed by atoms with Crippen LogP contribution in [-0.4, -0.2) is 10.8 Å². The Morgan fingerprint density at radius 2 is 2.00 bits per heavy atom. The van der Waals surface area contributed by atoms with Gasteiger partial charge in [-0.1, -0.05) is 24.4 Å². The van der Waals surface area contributed by atoms with Crippen LogP contribution in [-0.2, 0) is 12.8 Å². The minimum atomic E-state index is -0.569. The molecule has 1 aliphatic rings. The first kappa shape index (κ1) is 18.4. The Hall–Kier alpha value is -2.43. The number of fused-ring (bicyclic) bond motifs is 1. The fourth-order valence-electron chi connectivity index (χ4n) is 3.10. The molecule has 0 aliphatic heterocycles. The average molecular weight is 390 g/mol. The highest BCUT2D eigenvalue weighted by Crippen LogP contribution is 2.37. The number of nitro groups is 1. The van der Waals surface area contributed by atoms with Crippen molar-refractivity contribution in [3.63, 3.8) is 0 Å². The molecule has 6 nitrogen and oxygen atoms in total. The van der Waals surface area contributed by atoms with Gasteiger partial charge < -0.3 is 5.32 Å². The summed E-state index contributed by atoms with van der Waals surface area (Å²) in [6, 6.07) is 5.93. The molecule has 1 aliphatic carbocycles. The lowest BCUT2D eigenvalue weighted by atomic mass is 9.97. The molecule has 0 fully saturated rings. The van der Waals surface area contributed by atoms with Gasteiger partial charge in [0.15, 0.2) is 0 Å². The molecule has 0 saturated heterocycles. The van der Waals surface area contributed by atoms with Gasteiger partial charge in [-0.3, -0.25) is 14.9 Å².